The minimum absolute atomic E-state index is 0.0929. The van der Waals surface area contributed by atoms with Crippen LogP contribution < -0.4 is 19.7 Å². The zero-order valence-electron chi connectivity index (χ0n) is 19.0. The molecule has 0 radical (unpaired) electrons. The van der Waals surface area contributed by atoms with Crippen molar-refractivity contribution in [3.8, 4) is 5.75 Å². The predicted molar refractivity (Wildman–Crippen MR) is 127 cm³/mol. The van der Waals surface area contributed by atoms with Gasteiger partial charge in [-0.15, -0.1) is 0 Å². The van der Waals surface area contributed by atoms with Crippen LogP contribution in [0.25, 0.3) is 0 Å². The number of sulfonamides is 1. The Labute approximate surface area is 199 Å². The molecule has 2 aromatic rings. The van der Waals surface area contributed by atoms with Crippen LogP contribution >= 0.6 is 0 Å². The van der Waals surface area contributed by atoms with Gasteiger partial charge >= 0.3 is 0 Å². The summed E-state index contributed by atoms with van der Waals surface area (Å²) in [5.41, 5.74) is 1.18. The Morgan fingerprint density at radius 1 is 1.15 bits per heavy atom. The van der Waals surface area contributed by atoms with E-state index in [9.17, 15) is 18.0 Å². The minimum Gasteiger partial charge on any atom is -0.494 e. The summed E-state index contributed by atoms with van der Waals surface area (Å²) in [6.07, 6.45) is 1.79. The van der Waals surface area contributed by atoms with Crippen LogP contribution in [0.2, 0.25) is 0 Å². The van der Waals surface area contributed by atoms with E-state index in [4.69, 9.17) is 9.47 Å². The monoisotopic (exact) mass is 487 g/mol. The highest BCUT2D eigenvalue weighted by molar-refractivity contribution is 7.89. The highest BCUT2D eigenvalue weighted by atomic mass is 32.2. The molecule has 2 amide bonds. The van der Waals surface area contributed by atoms with Crippen LogP contribution in [-0.2, 0) is 24.3 Å². The van der Waals surface area contributed by atoms with Crippen molar-refractivity contribution in [1.29, 1.82) is 0 Å². The molecule has 2 fully saturated rings. The van der Waals surface area contributed by atoms with Crippen molar-refractivity contribution in [1.82, 2.24) is 4.72 Å². The summed E-state index contributed by atoms with van der Waals surface area (Å²) in [6, 6.07) is 13.2. The van der Waals surface area contributed by atoms with Crippen molar-refractivity contribution in [2.45, 2.75) is 37.2 Å². The van der Waals surface area contributed by atoms with E-state index in [1.54, 1.807) is 41.3 Å². The summed E-state index contributed by atoms with van der Waals surface area (Å²) >= 11 is 0. The van der Waals surface area contributed by atoms with Gasteiger partial charge in [0.25, 0.3) is 0 Å². The molecule has 2 aliphatic heterocycles. The standard InChI is InChI=1S/C24H29N3O6S/c1-2-32-20-9-7-19(8-10-20)27-16-17(14-23(27)28)24(29)26-18-5-11-22(12-6-18)34(30,31)25-15-21-4-3-13-33-21/h5-12,17,21,25H,2-4,13-16H2,1H3,(H,26,29)/t17-,21+/m0/s1. The molecule has 0 saturated carbocycles. The quantitative estimate of drug-likeness (QED) is 0.562. The van der Waals surface area contributed by atoms with Gasteiger partial charge in [0.2, 0.25) is 21.8 Å². The number of rotatable bonds is 9. The van der Waals surface area contributed by atoms with E-state index in [1.165, 1.54) is 12.1 Å². The first kappa shape index (κ1) is 24.2. The lowest BCUT2D eigenvalue weighted by Crippen LogP contribution is -2.31. The fourth-order valence-electron chi connectivity index (χ4n) is 4.07. The Hall–Kier alpha value is -2.95. The lowest BCUT2D eigenvalue weighted by atomic mass is 10.1. The molecule has 0 spiro atoms. The molecule has 182 valence electrons. The molecule has 4 rings (SSSR count). The topological polar surface area (TPSA) is 114 Å². The molecule has 0 aromatic heterocycles. The third-order valence-electron chi connectivity index (χ3n) is 5.91. The molecule has 0 bridgehead atoms. The molecule has 0 aliphatic carbocycles. The van der Waals surface area contributed by atoms with E-state index in [-0.39, 0.29) is 42.3 Å². The van der Waals surface area contributed by atoms with Crippen LogP contribution in [0, 0.1) is 5.92 Å². The van der Waals surface area contributed by atoms with Gasteiger partial charge in [-0.3, -0.25) is 9.59 Å². The number of hydrogen-bond donors (Lipinski definition) is 2. The van der Waals surface area contributed by atoms with Gasteiger partial charge in [-0.05, 0) is 68.3 Å². The van der Waals surface area contributed by atoms with E-state index in [2.05, 4.69) is 10.0 Å². The maximum Gasteiger partial charge on any atom is 0.240 e. The second-order valence-corrected chi connectivity index (χ2v) is 10.1. The second-order valence-electron chi connectivity index (χ2n) is 8.33. The zero-order valence-corrected chi connectivity index (χ0v) is 19.8. The van der Waals surface area contributed by atoms with E-state index in [0.29, 0.717) is 24.6 Å². The van der Waals surface area contributed by atoms with Gasteiger partial charge < -0.3 is 19.7 Å². The summed E-state index contributed by atoms with van der Waals surface area (Å²) in [5.74, 6) is -0.188. The zero-order chi connectivity index (χ0) is 24.1. The maximum absolute atomic E-state index is 12.8. The van der Waals surface area contributed by atoms with Crippen molar-refractivity contribution < 1.29 is 27.5 Å². The normalized spacial score (nSPS) is 20.5. The smallest absolute Gasteiger partial charge is 0.240 e. The second kappa shape index (κ2) is 10.5. The highest BCUT2D eigenvalue weighted by Crippen LogP contribution is 2.28. The molecule has 2 heterocycles. The average Bonchev–Trinajstić information content (AvgIpc) is 3.49. The number of nitrogens with zero attached hydrogens (tertiary/aromatic N) is 1. The molecule has 2 N–H and O–H groups in total. The van der Waals surface area contributed by atoms with Gasteiger partial charge in [0.05, 0.1) is 23.5 Å². The third kappa shape index (κ3) is 5.75. The number of carbonyl (C=O) groups excluding carboxylic acids is 2. The Balaban J connectivity index is 1.33. The van der Waals surface area contributed by atoms with Crippen molar-refractivity contribution in [3.63, 3.8) is 0 Å². The SMILES string of the molecule is CCOc1ccc(N2C[C@@H](C(=O)Nc3ccc(S(=O)(=O)NC[C@H]4CCCO4)cc3)CC2=O)cc1. The summed E-state index contributed by atoms with van der Waals surface area (Å²) in [7, 11) is -3.66. The molecular weight excluding hydrogens is 458 g/mol. The van der Waals surface area contributed by atoms with Gasteiger partial charge in [0.15, 0.2) is 0 Å². The van der Waals surface area contributed by atoms with Crippen LogP contribution in [0.3, 0.4) is 0 Å². The Bertz CT molecular complexity index is 1110. The van der Waals surface area contributed by atoms with Gasteiger partial charge in [0, 0.05) is 37.5 Å². The first-order chi connectivity index (χ1) is 16.4. The highest BCUT2D eigenvalue weighted by Gasteiger charge is 2.35. The van der Waals surface area contributed by atoms with Crippen LogP contribution in [0.1, 0.15) is 26.2 Å². The van der Waals surface area contributed by atoms with E-state index in [1.807, 2.05) is 6.92 Å². The third-order valence-corrected chi connectivity index (χ3v) is 7.35. The van der Waals surface area contributed by atoms with Crippen molar-refractivity contribution in [2.24, 2.45) is 5.92 Å². The Morgan fingerprint density at radius 3 is 2.53 bits per heavy atom. The number of benzene rings is 2. The first-order valence-corrected chi connectivity index (χ1v) is 12.9. The van der Waals surface area contributed by atoms with Gasteiger partial charge in [-0.25, -0.2) is 13.1 Å². The van der Waals surface area contributed by atoms with Crippen LogP contribution in [-0.4, -0.2) is 52.6 Å². The number of amides is 2. The van der Waals surface area contributed by atoms with Crippen molar-refractivity contribution >= 4 is 33.2 Å². The molecule has 10 heteroatoms. The maximum atomic E-state index is 12.8. The molecule has 34 heavy (non-hydrogen) atoms. The Morgan fingerprint density at radius 2 is 1.88 bits per heavy atom. The summed E-state index contributed by atoms with van der Waals surface area (Å²) in [6.45, 7) is 3.63. The lowest BCUT2D eigenvalue weighted by molar-refractivity contribution is -0.122. The van der Waals surface area contributed by atoms with Crippen molar-refractivity contribution in [2.75, 3.05) is 36.5 Å². The fraction of sp³-hybridized carbons (Fsp3) is 0.417. The number of ether oxygens (including phenoxy) is 2. The summed E-state index contributed by atoms with van der Waals surface area (Å²) in [5, 5.41) is 2.78. The molecule has 2 aromatic carbocycles. The number of hydrogen-bond acceptors (Lipinski definition) is 6. The molecule has 2 aliphatic rings. The largest absolute Gasteiger partial charge is 0.494 e. The van der Waals surface area contributed by atoms with E-state index in [0.717, 1.165) is 18.6 Å². The number of carbonyl (C=O) groups is 2. The van der Waals surface area contributed by atoms with Crippen LogP contribution in [0.5, 0.6) is 5.75 Å². The van der Waals surface area contributed by atoms with Gasteiger partial charge in [-0.2, -0.15) is 0 Å². The molecular formula is C24H29N3O6S. The molecule has 0 unspecified atom stereocenters. The summed E-state index contributed by atoms with van der Waals surface area (Å²) < 4.78 is 38.4. The van der Waals surface area contributed by atoms with Gasteiger partial charge in [-0.1, -0.05) is 0 Å². The van der Waals surface area contributed by atoms with E-state index >= 15 is 0 Å². The van der Waals surface area contributed by atoms with Crippen LogP contribution in [0.4, 0.5) is 11.4 Å². The lowest BCUT2D eigenvalue weighted by Gasteiger charge is -2.17. The predicted octanol–water partition coefficient (Wildman–Crippen LogP) is 2.53. The van der Waals surface area contributed by atoms with Crippen LogP contribution in [0.15, 0.2) is 53.4 Å². The van der Waals surface area contributed by atoms with E-state index < -0.39 is 15.9 Å². The van der Waals surface area contributed by atoms with Crippen molar-refractivity contribution in [3.05, 3.63) is 48.5 Å². The number of anilines is 2. The molecule has 2 atom stereocenters. The fourth-order valence-corrected chi connectivity index (χ4v) is 5.14. The Kier molecular flexibility index (Phi) is 7.50. The summed E-state index contributed by atoms with van der Waals surface area (Å²) in [4.78, 5) is 27.0. The average molecular weight is 488 g/mol. The first-order valence-electron chi connectivity index (χ1n) is 11.4. The molecule has 9 nitrogen and oxygen atoms in total. The minimum atomic E-state index is -3.66. The number of nitrogens with one attached hydrogen (secondary N) is 2. The van der Waals surface area contributed by atoms with Gasteiger partial charge in [0.1, 0.15) is 5.75 Å². The molecule has 2 saturated heterocycles.